The van der Waals surface area contributed by atoms with Gasteiger partial charge < -0.3 is 14.9 Å². The van der Waals surface area contributed by atoms with Gasteiger partial charge in [0, 0.05) is 18.7 Å². The molecule has 2 N–H and O–H groups in total. The fourth-order valence-electron chi connectivity index (χ4n) is 3.16. The van der Waals surface area contributed by atoms with Crippen LogP contribution in [0.2, 0.25) is 0 Å². The summed E-state index contributed by atoms with van der Waals surface area (Å²) in [6.07, 6.45) is -4.72. The topological polar surface area (TPSA) is 122 Å². The first-order chi connectivity index (χ1) is 12.7. The number of alkyl halides is 2. The average molecular weight is 387 g/mol. The average Bonchev–Trinajstić information content (AvgIpc) is 3.06. The highest BCUT2D eigenvalue weighted by Gasteiger charge is 2.59. The highest BCUT2D eigenvalue weighted by Crippen LogP contribution is 2.41. The Morgan fingerprint density at radius 3 is 2.67 bits per heavy atom. The Hall–Kier alpha value is -2.24. The molecule has 0 aliphatic carbocycles. The van der Waals surface area contributed by atoms with E-state index in [0.29, 0.717) is 17.5 Å². The molecule has 4 atom stereocenters. The highest BCUT2D eigenvalue weighted by molar-refractivity contribution is 5.98. The van der Waals surface area contributed by atoms with E-state index in [-0.39, 0.29) is 23.9 Å². The lowest BCUT2D eigenvalue weighted by atomic mass is 10.1. The molecule has 2 aliphatic heterocycles. The first-order valence-electron chi connectivity index (χ1n) is 8.41. The van der Waals surface area contributed by atoms with Crippen molar-refractivity contribution in [2.24, 2.45) is 5.92 Å². The van der Waals surface area contributed by atoms with Crippen molar-refractivity contribution >= 4 is 11.8 Å². The molecule has 0 bridgehead atoms. The number of nitrogens with zero attached hydrogens (tertiary/aromatic N) is 3. The van der Waals surface area contributed by atoms with Crippen LogP contribution in [0.25, 0.3) is 0 Å². The summed E-state index contributed by atoms with van der Waals surface area (Å²) in [4.78, 5) is 40.9. The summed E-state index contributed by atoms with van der Waals surface area (Å²) in [5, 5.41) is 18.5. The van der Waals surface area contributed by atoms with Gasteiger partial charge in [-0.1, -0.05) is 6.92 Å². The summed E-state index contributed by atoms with van der Waals surface area (Å²) < 4.78 is 33.6. The Bertz CT molecular complexity index is 814. The molecule has 27 heavy (non-hydrogen) atoms. The molecule has 11 heteroatoms. The van der Waals surface area contributed by atoms with Gasteiger partial charge in [-0.15, -0.1) is 0 Å². The van der Waals surface area contributed by atoms with E-state index in [2.05, 4.69) is 4.98 Å². The Morgan fingerprint density at radius 2 is 2.15 bits per heavy atom. The van der Waals surface area contributed by atoms with Crippen LogP contribution in [0.3, 0.4) is 0 Å². The molecule has 2 amide bonds. The Kier molecular flexibility index (Phi) is 5.10. The van der Waals surface area contributed by atoms with E-state index in [0.717, 1.165) is 11.1 Å². The van der Waals surface area contributed by atoms with Crippen LogP contribution in [0.4, 0.5) is 8.78 Å². The molecule has 3 heterocycles. The van der Waals surface area contributed by atoms with Crippen molar-refractivity contribution in [2.45, 2.75) is 44.1 Å². The van der Waals surface area contributed by atoms with Crippen molar-refractivity contribution in [3.63, 3.8) is 0 Å². The third-order valence-corrected chi connectivity index (χ3v) is 4.81. The monoisotopic (exact) mass is 387 g/mol. The predicted molar refractivity (Wildman–Crippen MR) is 84.7 cm³/mol. The minimum absolute atomic E-state index is 0.0224. The zero-order valence-electron chi connectivity index (χ0n) is 14.4. The number of carbonyl (C=O) groups is 2. The quantitative estimate of drug-likeness (QED) is 0.684. The molecule has 0 aromatic carbocycles. The third-order valence-electron chi connectivity index (χ3n) is 4.81. The SMILES string of the molecule is CC1CCN(C(=O)Cc2ccn([C@@H]3O[C@H](CO)[C@@H](O)C3(F)F)c(=O)n2)C1=O. The Labute approximate surface area is 152 Å². The number of aromatic nitrogens is 2. The van der Waals surface area contributed by atoms with Gasteiger partial charge in [-0.2, -0.15) is 13.8 Å². The number of carbonyl (C=O) groups excluding carboxylic acids is 2. The minimum atomic E-state index is -3.81. The van der Waals surface area contributed by atoms with Crippen LogP contribution in [0.5, 0.6) is 0 Å². The number of ether oxygens (including phenoxy) is 1. The fraction of sp³-hybridized carbons (Fsp3) is 0.625. The molecule has 0 radical (unpaired) electrons. The Morgan fingerprint density at radius 1 is 1.44 bits per heavy atom. The van der Waals surface area contributed by atoms with Gasteiger partial charge in [0.2, 0.25) is 18.0 Å². The number of hydrogen-bond acceptors (Lipinski definition) is 7. The number of halogens is 2. The van der Waals surface area contributed by atoms with E-state index in [9.17, 15) is 28.3 Å². The molecule has 2 fully saturated rings. The Balaban J connectivity index is 1.78. The van der Waals surface area contributed by atoms with Crippen molar-refractivity contribution in [3.8, 4) is 0 Å². The summed E-state index contributed by atoms with van der Waals surface area (Å²) in [5.41, 5.74) is -1.08. The third kappa shape index (κ3) is 3.37. The molecular weight excluding hydrogens is 368 g/mol. The van der Waals surface area contributed by atoms with Crippen LogP contribution in [0, 0.1) is 5.92 Å². The van der Waals surface area contributed by atoms with E-state index in [4.69, 9.17) is 9.84 Å². The summed E-state index contributed by atoms with van der Waals surface area (Å²) in [6, 6.07) is 1.20. The van der Waals surface area contributed by atoms with E-state index in [1.807, 2.05) is 0 Å². The number of aliphatic hydroxyl groups is 2. The van der Waals surface area contributed by atoms with Crippen molar-refractivity contribution in [2.75, 3.05) is 13.2 Å². The van der Waals surface area contributed by atoms with Gasteiger partial charge in [0.25, 0.3) is 0 Å². The number of likely N-dealkylation sites (tertiary alicyclic amines) is 1. The van der Waals surface area contributed by atoms with Crippen LogP contribution >= 0.6 is 0 Å². The van der Waals surface area contributed by atoms with Crippen LogP contribution in [0.15, 0.2) is 17.1 Å². The maximum absolute atomic E-state index is 14.1. The number of aliphatic hydroxyl groups excluding tert-OH is 2. The number of imide groups is 1. The maximum atomic E-state index is 14.1. The number of rotatable bonds is 4. The molecule has 0 spiro atoms. The van der Waals surface area contributed by atoms with Crippen LogP contribution in [-0.2, 0) is 20.7 Å². The standard InChI is InChI=1S/C16H19F2N3O6/c1-8-2-4-20(13(8)25)11(23)6-9-3-5-21(15(26)19-9)14-16(17,18)12(24)10(7-22)27-14/h3,5,8,10,12,14,22,24H,2,4,6-7H2,1H3/t8?,10-,12-,14-/m1/s1. The van der Waals surface area contributed by atoms with Crippen molar-refractivity contribution < 1.29 is 33.3 Å². The van der Waals surface area contributed by atoms with Gasteiger partial charge in [-0.05, 0) is 12.5 Å². The number of hydrogen-bond donors (Lipinski definition) is 2. The van der Waals surface area contributed by atoms with Gasteiger partial charge in [0.05, 0.1) is 18.7 Å². The molecule has 1 unspecified atom stereocenters. The fourth-order valence-corrected chi connectivity index (χ4v) is 3.16. The zero-order chi connectivity index (χ0) is 19.9. The second-order valence-electron chi connectivity index (χ2n) is 6.69. The molecule has 1 aromatic heterocycles. The van der Waals surface area contributed by atoms with Gasteiger partial charge in [-0.25, -0.2) is 4.79 Å². The molecule has 3 rings (SSSR count). The molecule has 0 saturated carbocycles. The summed E-state index contributed by atoms with van der Waals surface area (Å²) in [6.45, 7) is 1.16. The van der Waals surface area contributed by atoms with Crippen molar-refractivity contribution in [1.82, 2.24) is 14.5 Å². The van der Waals surface area contributed by atoms with Gasteiger partial charge >= 0.3 is 11.6 Å². The van der Waals surface area contributed by atoms with E-state index in [1.54, 1.807) is 6.92 Å². The molecular formula is C16H19F2N3O6. The summed E-state index contributed by atoms with van der Waals surface area (Å²) in [7, 11) is 0. The molecule has 2 saturated heterocycles. The second-order valence-corrected chi connectivity index (χ2v) is 6.69. The minimum Gasteiger partial charge on any atom is -0.394 e. The van der Waals surface area contributed by atoms with Crippen molar-refractivity contribution in [3.05, 3.63) is 28.4 Å². The van der Waals surface area contributed by atoms with Crippen LogP contribution in [-0.4, -0.2) is 67.8 Å². The second kappa shape index (κ2) is 7.06. The van der Waals surface area contributed by atoms with Crippen molar-refractivity contribution in [1.29, 1.82) is 0 Å². The lowest BCUT2D eigenvalue weighted by molar-refractivity contribution is -0.143. The normalized spacial score (nSPS) is 30.1. The summed E-state index contributed by atoms with van der Waals surface area (Å²) in [5.74, 6) is -4.87. The van der Waals surface area contributed by atoms with E-state index >= 15 is 0 Å². The first-order valence-corrected chi connectivity index (χ1v) is 8.41. The molecule has 2 aliphatic rings. The van der Waals surface area contributed by atoms with E-state index < -0.39 is 42.6 Å². The van der Waals surface area contributed by atoms with Gasteiger partial charge in [0.1, 0.15) is 6.10 Å². The summed E-state index contributed by atoms with van der Waals surface area (Å²) >= 11 is 0. The van der Waals surface area contributed by atoms with Crippen LogP contribution in [0.1, 0.15) is 25.3 Å². The van der Waals surface area contributed by atoms with Gasteiger partial charge in [-0.3, -0.25) is 19.1 Å². The van der Waals surface area contributed by atoms with Gasteiger partial charge in [0.15, 0.2) is 6.10 Å². The molecule has 1 aromatic rings. The largest absolute Gasteiger partial charge is 0.394 e. The molecule has 148 valence electrons. The van der Waals surface area contributed by atoms with Crippen LogP contribution < -0.4 is 5.69 Å². The smallest absolute Gasteiger partial charge is 0.350 e. The lowest BCUT2D eigenvalue weighted by Gasteiger charge is -2.21. The predicted octanol–water partition coefficient (Wildman–Crippen LogP) is -0.933. The van der Waals surface area contributed by atoms with E-state index in [1.165, 1.54) is 6.07 Å². The molecule has 9 nitrogen and oxygen atoms in total. The lowest BCUT2D eigenvalue weighted by Crippen LogP contribution is -2.42. The zero-order valence-corrected chi connectivity index (χ0v) is 14.4. The first kappa shape index (κ1) is 19.5. The maximum Gasteiger partial charge on any atom is 0.350 e. The highest BCUT2D eigenvalue weighted by atomic mass is 19.3. The number of amides is 2.